The number of fused-ring (bicyclic) bond motifs is 1. The van der Waals surface area contributed by atoms with Crippen LogP contribution in [-0.4, -0.2) is 44.1 Å². The van der Waals surface area contributed by atoms with Gasteiger partial charge in [0.1, 0.15) is 23.0 Å². The summed E-state index contributed by atoms with van der Waals surface area (Å²) in [6, 6.07) is 16.8. The lowest BCUT2D eigenvalue weighted by molar-refractivity contribution is 0.102. The zero-order valence-corrected chi connectivity index (χ0v) is 19.1. The van der Waals surface area contributed by atoms with E-state index in [9.17, 15) is 9.59 Å². The zero-order valence-electron chi connectivity index (χ0n) is 19.1. The molecule has 0 saturated heterocycles. The van der Waals surface area contributed by atoms with Gasteiger partial charge in [0.25, 0.3) is 11.5 Å². The summed E-state index contributed by atoms with van der Waals surface area (Å²) in [6.45, 7) is 0. The van der Waals surface area contributed by atoms with Crippen LogP contribution in [0.4, 0.5) is 5.69 Å². The lowest BCUT2D eigenvalue weighted by atomic mass is 10.1. The van der Waals surface area contributed by atoms with Crippen LogP contribution in [0.3, 0.4) is 0 Å². The first kappa shape index (κ1) is 22.7. The summed E-state index contributed by atoms with van der Waals surface area (Å²) in [5, 5.41) is 7.99. The summed E-state index contributed by atoms with van der Waals surface area (Å²) < 4.78 is 22.4. The second kappa shape index (κ2) is 9.53. The highest BCUT2D eigenvalue weighted by atomic mass is 16.5. The summed E-state index contributed by atoms with van der Waals surface area (Å²) >= 11 is 0. The fourth-order valence-corrected chi connectivity index (χ4v) is 3.54. The highest BCUT2D eigenvalue weighted by Gasteiger charge is 2.20. The quantitative estimate of drug-likeness (QED) is 0.448. The molecule has 0 aliphatic rings. The van der Waals surface area contributed by atoms with Crippen molar-refractivity contribution in [3.05, 3.63) is 76.7 Å². The van der Waals surface area contributed by atoms with Crippen molar-refractivity contribution < 1.29 is 23.7 Å². The second-order valence-corrected chi connectivity index (χ2v) is 7.20. The number of nitrogens with zero attached hydrogens (tertiary/aromatic N) is 2. The van der Waals surface area contributed by atoms with Gasteiger partial charge in [-0.2, -0.15) is 9.78 Å². The van der Waals surface area contributed by atoms with Crippen molar-refractivity contribution in [2.75, 3.05) is 33.8 Å². The third-order valence-corrected chi connectivity index (χ3v) is 5.26. The van der Waals surface area contributed by atoms with E-state index in [4.69, 9.17) is 18.9 Å². The second-order valence-electron chi connectivity index (χ2n) is 7.20. The number of benzene rings is 3. The van der Waals surface area contributed by atoms with E-state index in [1.54, 1.807) is 60.7 Å². The Morgan fingerprint density at radius 2 is 1.44 bits per heavy atom. The summed E-state index contributed by atoms with van der Waals surface area (Å²) in [6.07, 6.45) is 0. The Hall–Kier alpha value is -4.53. The van der Waals surface area contributed by atoms with E-state index in [0.717, 1.165) is 4.68 Å². The van der Waals surface area contributed by atoms with Gasteiger partial charge in [-0.3, -0.25) is 9.59 Å². The minimum atomic E-state index is -0.522. The molecule has 4 aromatic rings. The lowest BCUT2D eigenvalue weighted by Crippen LogP contribution is -2.26. The predicted molar refractivity (Wildman–Crippen MR) is 128 cm³/mol. The fraction of sp³-hybridized carbons (Fsp3) is 0.160. The first-order valence-corrected chi connectivity index (χ1v) is 10.3. The van der Waals surface area contributed by atoms with E-state index in [2.05, 4.69) is 10.4 Å². The molecule has 0 unspecified atom stereocenters. The summed E-state index contributed by atoms with van der Waals surface area (Å²) in [5.41, 5.74) is 0.460. The lowest BCUT2D eigenvalue weighted by Gasteiger charge is -2.14. The smallest absolute Gasteiger partial charge is 0.279 e. The fourth-order valence-electron chi connectivity index (χ4n) is 3.54. The molecule has 0 aliphatic carbocycles. The number of rotatable bonds is 7. The van der Waals surface area contributed by atoms with Gasteiger partial charge >= 0.3 is 0 Å². The highest BCUT2D eigenvalue weighted by Crippen LogP contribution is 2.30. The standard InChI is InChI=1S/C25H23N3O6/c1-31-16-9-10-22(34-4)21(14-16)26-24(29)23-19-7-5-6-8-20(19)25(30)28(27-23)15-11-17(32-2)13-18(12-15)33-3/h5-14H,1-4H3,(H,26,29). The number of aromatic nitrogens is 2. The SMILES string of the molecule is COc1cc(OC)cc(-n2nc(C(=O)Nc3cc(OC)ccc3OC)c3ccccc3c2=O)c1. The maximum atomic E-state index is 13.4. The van der Waals surface area contributed by atoms with Gasteiger partial charge in [0, 0.05) is 29.7 Å². The minimum absolute atomic E-state index is 0.0573. The Labute approximate surface area is 195 Å². The van der Waals surface area contributed by atoms with Crippen molar-refractivity contribution in [3.8, 4) is 28.7 Å². The number of carbonyl (C=O) groups is 1. The van der Waals surface area contributed by atoms with Crippen LogP contribution in [0, 0.1) is 0 Å². The topological polar surface area (TPSA) is 101 Å². The Morgan fingerprint density at radius 1 is 0.794 bits per heavy atom. The van der Waals surface area contributed by atoms with Gasteiger partial charge in [-0.05, 0) is 18.2 Å². The van der Waals surface area contributed by atoms with E-state index < -0.39 is 5.91 Å². The first-order valence-electron chi connectivity index (χ1n) is 10.3. The molecule has 0 radical (unpaired) electrons. The molecule has 0 atom stereocenters. The molecule has 3 aromatic carbocycles. The molecule has 0 saturated carbocycles. The monoisotopic (exact) mass is 461 g/mol. The predicted octanol–water partition coefficient (Wildman–Crippen LogP) is 3.67. The summed E-state index contributed by atoms with van der Waals surface area (Å²) in [7, 11) is 6.05. The number of carbonyl (C=O) groups excluding carboxylic acids is 1. The summed E-state index contributed by atoms with van der Waals surface area (Å²) in [5.74, 6) is 1.42. The van der Waals surface area contributed by atoms with Crippen LogP contribution in [-0.2, 0) is 0 Å². The van der Waals surface area contributed by atoms with Gasteiger partial charge in [-0.15, -0.1) is 0 Å². The molecule has 1 N–H and O–H groups in total. The Balaban J connectivity index is 1.89. The first-order chi connectivity index (χ1) is 16.5. The van der Waals surface area contributed by atoms with E-state index in [-0.39, 0.29) is 11.3 Å². The van der Waals surface area contributed by atoms with Crippen LogP contribution < -0.4 is 29.8 Å². The maximum absolute atomic E-state index is 13.4. The molecule has 0 spiro atoms. The molecule has 9 heteroatoms. The van der Waals surface area contributed by atoms with Gasteiger partial charge in [0.15, 0.2) is 5.69 Å². The number of hydrogen-bond acceptors (Lipinski definition) is 7. The number of ether oxygens (including phenoxy) is 4. The van der Waals surface area contributed by atoms with Gasteiger partial charge < -0.3 is 24.3 Å². The van der Waals surface area contributed by atoms with Crippen molar-refractivity contribution in [1.29, 1.82) is 0 Å². The number of amides is 1. The minimum Gasteiger partial charge on any atom is -0.497 e. The Kier molecular flexibility index (Phi) is 6.35. The number of methoxy groups -OCH3 is 4. The number of hydrogen-bond donors (Lipinski definition) is 1. The third kappa shape index (κ3) is 4.23. The molecule has 0 aliphatic heterocycles. The van der Waals surface area contributed by atoms with E-state index in [0.29, 0.717) is 45.1 Å². The molecule has 9 nitrogen and oxygen atoms in total. The molecule has 0 bridgehead atoms. The maximum Gasteiger partial charge on any atom is 0.279 e. The molecule has 174 valence electrons. The van der Waals surface area contributed by atoms with Crippen LogP contribution in [0.15, 0.2) is 65.5 Å². The van der Waals surface area contributed by atoms with Crippen LogP contribution in [0.1, 0.15) is 10.5 Å². The molecule has 0 fully saturated rings. The molecule has 4 rings (SSSR count). The molecule has 1 aromatic heterocycles. The molecular formula is C25H23N3O6. The van der Waals surface area contributed by atoms with Crippen molar-refractivity contribution in [2.45, 2.75) is 0 Å². The number of nitrogens with one attached hydrogen (secondary N) is 1. The van der Waals surface area contributed by atoms with E-state index >= 15 is 0 Å². The van der Waals surface area contributed by atoms with E-state index in [1.165, 1.54) is 28.4 Å². The molecular weight excluding hydrogens is 438 g/mol. The van der Waals surface area contributed by atoms with Crippen LogP contribution in [0.25, 0.3) is 16.5 Å². The highest BCUT2D eigenvalue weighted by molar-refractivity contribution is 6.11. The Morgan fingerprint density at radius 3 is 2.06 bits per heavy atom. The van der Waals surface area contributed by atoms with Gasteiger partial charge in [-0.1, -0.05) is 18.2 Å². The van der Waals surface area contributed by atoms with Crippen molar-refractivity contribution in [3.63, 3.8) is 0 Å². The van der Waals surface area contributed by atoms with Gasteiger partial charge in [0.2, 0.25) is 0 Å². The largest absolute Gasteiger partial charge is 0.497 e. The summed E-state index contributed by atoms with van der Waals surface area (Å²) in [4.78, 5) is 26.7. The van der Waals surface area contributed by atoms with E-state index in [1.807, 2.05) is 0 Å². The van der Waals surface area contributed by atoms with Crippen LogP contribution in [0.2, 0.25) is 0 Å². The van der Waals surface area contributed by atoms with Crippen molar-refractivity contribution >= 4 is 22.4 Å². The molecule has 1 heterocycles. The molecule has 1 amide bonds. The van der Waals surface area contributed by atoms with Gasteiger partial charge in [0.05, 0.1) is 45.2 Å². The normalized spacial score (nSPS) is 10.6. The zero-order chi connectivity index (χ0) is 24.2. The molecule has 34 heavy (non-hydrogen) atoms. The van der Waals surface area contributed by atoms with Crippen molar-refractivity contribution in [2.24, 2.45) is 0 Å². The third-order valence-electron chi connectivity index (χ3n) is 5.26. The number of anilines is 1. The Bertz CT molecular complexity index is 1410. The van der Waals surface area contributed by atoms with Crippen molar-refractivity contribution in [1.82, 2.24) is 9.78 Å². The van der Waals surface area contributed by atoms with Gasteiger partial charge in [-0.25, -0.2) is 0 Å². The average molecular weight is 461 g/mol. The van der Waals surface area contributed by atoms with Crippen LogP contribution in [0.5, 0.6) is 23.0 Å². The van der Waals surface area contributed by atoms with Crippen LogP contribution >= 0.6 is 0 Å². The average Bonchev–Trinajstić information content (AvgIpc) is 2.88.